The highest BCUT2D eigenvalue weighted by Gasteiger charge is 2.13. The molecule has 0 unspecified atom stereocenters. The summed E-state index contributed by atoms with van der Waals surface area (Å²) < 4.78 is 27.9. The van der Waals surface area contributed by atoms with Crippen LogP contribution in [0.3, 0.4) is 0 Å². The summed E-state index contributed by atoms with van der Waals surface area (Å²) in [5.74, 6) is 0.840. The molecule has 0 aliphatic carbocycles. The van der Waals surface area contributed by atoms with E-state index < -0.39 is 10.0 Å². The zero-order valence-corrected chi connectivity index (χ0v) is 10.3. The molecule has 0 saturated heterocycles. The number of benzene rings is 1. The number of primary sulfonamides is 1. The van der Waals surface area contributed by atoms with E-state index in [0.29, 0.717) is 18.3 Å². The van der Waals surface area contributed by atoms with Crippen LogP contribution in [0.5, 0.6) is 5.75 Å². The number of nitrogens with two attached hydrogens (primary N) is 1. The molecule has 1 rings (SSSR count). The molecule has 0 heterocycles. The molecule has 16 heavy (non-hydrogen) atoms. The van der Waals surface area contributed by atoms with Crippen LogP contribution in [0.1, 0.15) is 20.3 Å². The molecule has 0 saturated carbocycles. The number of sulfonamides is 1. The maximum atomic E-state index is 11.2. The summed E-state index contributed by atoms with van der Waals surface area (Å²) in [6.45, 7) is 4.65. The maximum absolute atomic E-state index is 11.2. The minimum absolute atomic E-state index is 0.0405. The molecule has 5 heteroatoms. The summed E-state index contributed by atoms with van der Waals surface area (Å²) in [6, 6.07) is 6.40. The van der Waals surface area contributed by atoms with Gasteiger partial charge in [0, 0.05) is 0 Å². The molecule has 0 amide bonds. The Labute approximate surface area is 96.5 Å². The van der Waals surface area contributed by atoms with Crippen molar-refractivity contribution in [2.24, 2.45) is 11.1 Å². The fourth-order valence-corrected chi connectivity index (χ4v) is 1.88. The number of hydrogen-bond donors (Lipinski definition) is 1. The zero-order chi connectivity index (χ0) is 12.2. The lowest BCUT2D eigenvalue weighted by molar-refractivity contribution is 0.283. The minimum atomic E-state index is -3.71. The van der Waals surface area contributed by atoms with Gasteiger partial charge in [0.05, 0.1) is 6.61 Å². The normalized spacial score (nSPS) is 11.8. The van der Waals surface area contributed by atoms with Gasteiger partial charge >= 0.3 is 0 Å². The summed E-state index contributed by atoms with van der Waals surface area (Å²) in [4.78, 5) is 0.0405. The Morgan fingerprint density at radius 3 is 2.50 bits per heavy atom. The topological polar surface area (TPSA) is 69.4 Å². The van der Waals surface area contributed by atoms with Crippen molar-refractivity contribution in [3.63, 3.8) is 0 Å². The van der Waals surface area contributed by atoms with Crippen molar-refractivity contribution in [3.8, 4) is 5.75 Å². The van der Waals surface area contributed by atoms with Crippen molar-refractivity contribution in [2.45, 2.75) is 25.2 Å². The van der Waals surface area contributed by atoms with Gasteiger partial charge in [0.25, 0.3) is 0 Å². The lowest BCUT2D eigenvalue weighted by atomic mass is 10.1. The Hall–Kier alpha value is -1.07. The average molecular weight is 243 g/mol. The van der Waals surface area contributed by atoms with Gasteiger partial charge in [-0.15, -0.1) is 0 Å². The molecule has 0 aliphatic heterocycles. The van der Waals surface area contributed by atoms with Gasteiger partial charge in [0.1, 0.15) is 10.6 Å². The van der Waals surface area contributed by atoms with Crippen LogP contribution < -0.4 is 9.88 Å². The minimum Gasteiger partial charge on any atom is -0.492 e. The van der Waals surface area contributed by atoms with Crippen LogP contribution in [-0.2, 0) is 10.0 Å². The van der Waals surface area contributed by atoms with Gasteiger partial charge in [0.2, 0.25) is 10.0 Å². The van der Waals surface area contributed by atoms with Crippen molar-refractivity contribution < 1.29 is 13.2 Å². The third-order valence-electron chi connectivity index (χ3n) is 2.11. The SMILES string of the molecule is CC(C)CCOc1ccccc1S(N)(=O)=O. The second-order valence-corrected chi connectivity index (χ2v) is 5.55. The molecule has 0 spiro atoms. The van der Waals surface area contributed by atoms with E-state index in [1.807, 2.05) is 0 Å². The monoisotopic (exact) mass is 243 g/mol. The van der Waals surface area contributed by atoms with E-state index in [1.165, 1.54) is 6.07 Å². The van der Waals surface area contributed by atoms with Gasteiger partial charge in [-0.3, -0.25) is 0 Å². The quantitative estimate of drug-likeness (QED) is 0.856. The van der Waals surface area contributed by atoms with E-state index in [9.17, 15) is 8.42 Å². The smallest absolute Gasteiger partial charge is 0.241 e. The second kappa shape index (κ2) is 5.32. The molecular weight excluding hydrogens is 226 g/mol. The van der Waals surface area contributed by atoms with Crippen molar-refractivity contribution in [1.82, 2.24) is 0 Å². The Bertz CT molecular complexity index is 440. The molecule has 4 nitrogen and oxygen atoms in total. The fourth-order valence-electron chi connectivity index (χ4n) is 1.21. The van der Waals surface area contributed by atoms with Gasteiger partial charge in [-0.05, 0) is 24.5 Å². The summed E-state index contributed by atoms with van der Waals surface area (Å²) in [6.07, 6.45) is 0.874. The standard InChI is InChI=1S/C11H17NO3S/c1-9(2)7-8-15-10-5-3-4-6-11(10)16(12,13)14/h3-6,9H,7-8H2,1-2H3,(H2,12,13,14). The van der Waals surface area contributed by atoms with Crippen molar-refractivity contribution in [2.75, 3.05) is 6.61 Å². The molecule has 0 aliphatic rings. The first kappa shape index (κ1) is 13.0. The zero-order valence-electron chi connectivity index (χ0n) is 9.51. The van der Waals surface area contributed by atoms with Crippen molar-refractivity contribution >= 4 is 10.0 Å². The highest BCUT2D eigenvalue weighted by Crippen LogP contribution is 2.22. The largest absolute Gasteiger partial charge is 0.492 e. The first-order valence-electron chi connectivity index (χ1n) is 5.16. The first-order chi connectivity index (χ1) is 7.41. The van der Waals surface area contributed by atoms with E-state index >= 15 is 0 Å². The van der Waals surface area contributed by atoms with E-state index in [-0.39, 0.29) is 4.90 Å². The Morgan fingerprint density at radius 1 is 1.31 bits per heavy atom. The van der Waals surface area contributed by atoms with E-state index in [0.717, 1.165) is 6.42 Å². The van der Waals surface area contributed by atoms with Crippen LogP contribution in [0.15, 0.2) is 29.2 Å². The lowest BCUT2D eigenvalue weighted by Crippen LogP contribution is -2.14. The highest BCUT2D eigenvalue weighted by molar-refractivity contribution is 7.89. The molecule has 2 N–H and O–H groups in total. The average Bonchev–Trinajstić information content (AvgIpc) is 2.16. The number of ether oxygens (including phenoxy) is 1. The Morgan fingerprint density at radius 2 is 1.94 bits per heavy atom. The van der Waals surface area contributed by atoms with Crippen LogP contribution in [0.2, 0.25) is 0 Å². The van der Waals surface area contributed by atoms with Gasteiger partial charge in [0.15, 0.2) is 0 Å². The van der Waals surface area contributed by atoms with Gasteiger partial charge in [-0.25, -0.2) is 13.6 Å². The number of rotatable bonds is 5. The fraction of sp³-hybridized carbons (Fsp3) is 0.455. The number of para-hydroxylation sites is 1. The van der Waals surface area contributed by atoms with Crippen LogP contribution in [0, 0.1) is 5.92 Å². The number of hydrogen-bond acceptors (Lipinski definition) is 3. The third kappa shape index (κ3) is 3.83. The molecular formula is C11H17NO3S. The van der Waals surface area contributed by atoms with E-state index in [2.05, 4.69) is 13.8 Å². The van der Waals surface area contributed by atoms with Gasteiger partial charge in [-0.2, -0.15) is 0 Å². The van der Waals surface area contributed by atoms with Crippen LogP contribution in [0.25, 0.3) is 0 Å². The first-order valence-corrected chi connectivity index (χ1v) is 6.70. The second-order valence-electron chi connectivity index (χ2n) is 4.02. The van der Waals surface area contributed by atoms with Gasteiger partial charge < -0.3 is 4.74 Å². The third-order valence-corrected chi connectivity index (χ3v) is 3.06. The van der Waals surface area contributed by atoms with Crippen molar-refractivity contribution in [1.29, 1.82) is 0 Å². The molecule has 1 aromatic rings. The van der Waals surface area contributed by atoms with E-state index in [1.54, 1.807) is 18.2 Å². The molecule has 90 valence electrons. The van der Waals surface area contributed by atoms with Crippen molar-refractivity contribution in [3.05, 3.63) is 24.3 Å². The summed E-state index contributed by atoms with van der Waals surface area (Å²) >= 11 is 0. The molecule has 0 fully saturated rings. The van der Waals surface area contributed by atoms with Crippen LogP contribution >= 0.6 is 0 Å². The highest BCUT2D eigenvalue weighted by atomic mass is 32.2. The molecule has 0 radical (unpaired) electrons. The predicted molar refractivity (Wildman–Crippen MR) is 62.8 cm³/mol. The Kier molecular flexibility index (Phi) is 4.32. The summed E-state index contributed by atoms with van der Waals surface area (Å²) in [5.41, 5.74) is 0. The van der Waals surface area contributed by atoms with Gasteiger partial charge in [-0.1, -0.05) is 26.0 Å². The Balaban J connectivity index is 2.80. The molecule has 1 aromatic carbocycles. The molecule has 0 atom stereocenters. The molecule has 0 bridgehead atoms. The maximum Gasteiger partial charge on any atom is 0.241 e. The summed E-state index contributed by atoms with van der Waals surface area (Å²) in [5, 5.41) is 5.08. The summed E-state index contributed by atoms with van der Waals surface area (Å²) in [7, 11) is -3.71. The lowest BCUT2D eigenvalue weighted by Gasteiger charge is -2.10. The van der Waals surface area contributed by atoms with Crippen LogP contribution in [0.4, 0.5) is 0 Å². The van der Waals surface area contributed by atoms with Crippen LogP contribution in [-0.4, -0.2) is 15.0 Å². The predicted octanol–water partition coefficient (Wildman–Crippen LogP) is 1.76. The van der Waals surface area contributed by atoms with E-state index in [4.69, 9.17) is 9.88 Å². The molecule has 0 aromatic heterocycles.